The molecule has 1 fully saturated rings. The second-order valence-electron chi connectivity index (χ2n) is 5.26. The van der Waals surface area contributed by atoms with Gasteiger partial charge in [-0.3, -0.25) is 0 Å². The Kier molecular flexibility index (Phi) is 3.53. The van der Waals surface area contributed by atoms with Crippen LogP contribution in [-0.4, -0.2) is 12.2 Å². The topological polar surface area (TPSA) is 12.5 Å². The lowest BCUT2D eigenvalue weighted by molar-refractivity contribution is 0.321. The molecule has 1 saturated heterocycles. The molecule has 2 heteroatoms. The summed E-state index contributed by atoms with van der Waals surface area (Å²) in [6.45, 7) is 8.26. The average molecular weight is 236 g/mol. The van der Waals surface area contributed by atoms with Gasteiger partial charge in [0.25, 0.3) is 0 Å². The first-order valence-electron chi connectivity index (χ1n) is 6.44. The van der Waals surface area contributed by atoms with Crippen LogP contribution >= 0.6 is 0 Å². The maximum atomic E-state index is 13.8. The van der Waals surface area contributed by atoms with Crippen molar-refractivity contribution >= 4 is 0 Å². The molecule has 0 N–H and O–H groups in total. The Bertz CT molecular complexity index is 414. The molecule has 1 aromatic rings. The fourth-order valence-corrected chi connectivity index (χ4v) is 2.45. The van der Waals surface area contributed by atoms with Crippen molar-refractivity contribution in [3.8, 4) is 0 Å². The van der Waals surface area contributed by atoms with Gasteiger partial charge in [-0.15, -0.1) is 0 Å². The van der Waals surface area contributed by atoms with E-state index < -0.39 is 0 Å². The van der Waals surface area contributed by atoms with E-state index in [4.69, 9.17) is 4.74 Å². The van der Waals surface area contributed by atoms with Gasteiger partial charge >= 0.3 is 0 Å². The fraction of sp³-hybridized carbons (Fsp3) is 0.600. The van der Waals surface area contributed by atoms with Crippen LogP contribution < -0.4 is 0 Å². The molecule has 1 aliphatic heterocycles. The third-order valence-electron chi connectivity index (χ3n) is 3.79. The van der Waals surface area contributed by atoms with Crippen LogP contribution in [0.5, 0.6) is 0 Å². The molecule has 1 aliphatic rings. The molecule has 1 nitrogen and oxygen atoms in total. The van der Waals surface area contributed by atoms with E-state index in [0.717, 1.165) is 29.5 Å². The largest absolute Gasteiger partial charge is 0.369 e. The summed E-state index contributed by atoms with van der Waals surface area (Å²) in [6, 6.07) is 3.62. The third-order valence-corrected chi connectivity index (χ3v) is 3.79. The number of halogens is 1. The van der Waals surface area contributed by atoms with E-state index in [2.05, 4.69) is 13.8 Å². The number of benzene rings is 1. The molecule has 3 unspecified atom stereocenters. The molecule has 17 heavy (non-hydrogen) atoms. The van der Waals surface area contributed by atoms with Crippen molar-refractivity contribution in [3.63, 3.8) is 0 Å². The minimum absolute atomic E-state index is 0.0753. The number of hydrogen-bond donors (Lipinski definition) is 0. The number of rotatable bonds is 4. The molecule has 0 aromatic heterocycles. The Morgan fingerprint density at radius 2 is 1.94 bits per heavy atom. The van der Waals surface area contributed by atoms with Gasteiger partial charge in [-0.25, -0.2) is 4.39 Å². The molecule has 94 valence electrons. The van der Waals surface area contributed by atoms with Gasteiger partial charge in [0.1, 0.15) is 5.82 Å². The predicted molar refractivity (Wildman–Crippen MR) is 67.7 cm³/mol. The zero-order valence-electron chi connectivity index (χ0n) is 11.1. The summed E-state index contributed by atoms with van der Waals surface area (Å²) >= 11 is 0. The molecule has 0 spiro atoms. The molecule has 1 heterocycles. The Morgan fingerprint density at radius 1 is 1.29 bits per heavy atom. The summed E-state index contributed by atoms with van der Waals surface area (Å²) in [5, 5.41) is 0. The molecule has 0 aliphatic carbocycles. The van der Waals surface area contributed by atoms with Gasteiger partial charge in [0.05, 0.1) is 12.2 Å². The van der Waals surface area contributed by atoms with Crippen LogP contribution in [0.4, 0.5) is 4.39 Å². The second-order valence-corrected chi connectivity index (χ2v) is 5.26. The molecule has 3 atom stereocenters. The first kappa shape index (κ1) is 12.6. The van der Waals surface area contributed by atoms with Crippen LogP contribution in [0.15, 0.2) is 12.1 Å². The van der Waals surface area contributed by atoms with Crippen LogP contribution in [-0.2, 0) is 11.2 Å². The smallest absolute Gasteiger partial charge is 0.126 e. The molecule has 0 amide bonds. The summed E-state index contributed by atoms with van der Waals surface area (Å²) in [4.78, 5) is 0. The number of epoxide rings is 1. The van der Waals surface area contributed by atoms with Crippen LogP contribution in [0, 0.1) is 25.6 Å². The first-order valence-corrected chi connectivity index (χ1v) is 6.44. The highest BCUT2D eigenvalue weighted by Crippen LogP contribution is 2.34. The number of aryl methyl sites for hydroxylation is 2. The van der Waals surface area contributed by atoms with Crippen molar-refractivity contribution in [2.45, 2.75) is 52.7 Å². The zero-order chi connectivity index (χ0) is 12.6. The fourth-order valence-electron chi connectivity index (χ4n) is 2.45. The van der Waals surface area contributed by atoms with Crippen molar-refractivity contribution in [1.29, 1.82) is 0 Å². The molecular weight excluding hydrogens is 215 g/mol. The van der Waals surface area contributed by atoms with Gasteiger partial charge < -0.3 is 4.74 Å². The SMILES string of the molecule is CCC1OC1C(C)Cc1cc(C)c(C)cc1F. The maximum absolute atomic E-state index is 13.8. The highest BCUT2D eigenvalue weighted by atomic mass is 19.1. The lowest BCUT2D eigenvalue weighted by Crippen LogP contribution is -2.11. The molecule has 0 bridgehead atoms. The highest BCUT2D eigenvalue weighted by molar-refractivity contribution is 5.31. The summed E-state index contributed by atoms with van der Waals surface area (Å²) in [5.74, 6) is 0.324. The van der Waals surface area contributed by atoms with Gasteiger partial charge in [-0.05, 0) is 55.4 Å². The minimum Gasteiger partial charge on any atom is -0.369 e. The Labute approximate surface area is 103 Å². The van der Waals surface area contributed by atoms with Crippen molar-refractivity contribution in [1.82, 2.24) is 0 Å². The number of ether oxygens (including phenoxy) is 1. The van der Waals surface area contributed by atoms with Crippen LogP contribution in [0.2, 0.25) is 0 Å². The Hall–Kier alpha value is -0.890. The maximum Gasteiger partial charge on any atom is 0.126 e. The van der Waals surface area contributed by atoms with E-state index in [1.54, 1.807) is 6.07 Å². The minimum atomic E-state index is -0.0753. The van der Waals surface area contributed by atoms with Crippen molar-refractivity contribution in [2.75, 3.05) is 0 Å². The summed E-state index contributed by atoms with van der Waals surface area (Å²) in [6.07, 6.45) is 2.57. The lowest BCUT2D eigenvalue weighted by atomic mass is 9.93. The average Bonchev–Trinajstić information content (AvgIpc) is 3.05. The Balaban J connectivity index is 2.06. The Morgan fingerprint density at radius 3 is 2.53 bits per heavy atom. The van der Waals surface area contributed by atoms with Gasteiger partial charge in [-0.2, -0.15) is 0 Å². The van der Waals surface area contributed by atoms with E-state index in [9.17, 15) is 4.39 Å². The summed E-state index contributed by atoms with van der Waals surface area (Å²) in [5.41, 5.74) is 3.01. The molecule has 1 aromatic carbocycles. The molecule has 2 rings (SSSR count). The van der Waals surface area contributed by atoms with Crippen LogP contribution in [0.3, 0.4) is 0 Å². The van der Waals surface area contributed by atoms with Gasteiger partial charge in [-0.1, -0.05) is 19.9 Å². The zero-order valence-corrected chi connectivity index (χ0v) is 11.1. The normalized spacial score (nSPS) is 24.8. The van der Waals surface area contributed by atoms with Crippen LogP contribution in [0.25, 0.3) is 0 Å². The van der Waals surface area contributed by atoms with E-state index in [1.165, 1.54) is 0 Å². The van der Waals surface area contributed by atoms with Crippen molar-refractivity contribution in [2.24, 2.45) is 5.92 Å². The van der Waals surface area contributed by atoms with E-state index in [-0.39, 0.29) is 5.82 Å². The molecule has 0 saturated carbocycles. The predicted octanol–water partition coefficient (Wildman–Crippen LogP) is 3.80. The molecule has 0 radical (unpaired) electrons. The lowest BCUT2D eigenvalue weighted by Gasteiger charge is -2.11. The van der Waals surface area contributed by atoms with Crippen molar-refractivity contribution < 1.29 is 9.13 Å². The van der Waals surface area contributed by atoms with E-state index in [0.29, 0.717) is 18.1 Å². The van der Waals surface area contributed by atoms with Crippen molar-refractivity contribution in [3.05, 3.63) is 34.6 Å². The van der Waals surface area contributed by atoms with Gasteiger partial charge in [0.2, 0.25) is 0 Å². The third kappa shape index (κ3) is 2.68. The standard InChI is InChI=1S/C15H21FO/c1-5-14-15(17-14)11(4)7-12-6-9(2)10(3)8-13(12)16/h6,8,11,14-15H,5,7H2,1-4H3. The van der Waals surface area contributed by atoms with Gasteiger partial charge in [0, 0.05) is 0 Å². The van der Waals surface area contributed by atoms with E-state index in [1.807, 2.05) is 19.9 Å². The highest BCUT2D eigenvalue weighted by Gasteiger charge is 2.41. The monoisotopic (exact) mass is 236 g/mol. The quantitative estimate of drug-likeness (QED) is 0.724. The second kappa shape index (κ2) is 4.77. The summed E-state index contributed by atoms with van der Waals surface area (Å²) < 4.78 is 19.4. The first-order chi connectivity index (χ1) is 8.02. The van der Waals surface area contributed by atoms with Gasteiger partial charge in [0.15, 0.2) is 0 Å². The van der Waals surface area contributed by atoms with Crippen LogP contribution in [0.1, 0.15) is 37.0 Å². The molecular formula is C15H21FO. The summed E-state index contributed by atoms with van der Waals surface area (Å²) in [7, 11) is 0. The number of hydrogen-bond acceptors (Lipinski definition) is 1. The van der Waals surface area contributed by atoms with E-state index >= 15 is 0 Å².